The Balaban J connectivity index is 2.30. The SMILES string of the molecule is C=CCOC(=O)c1sc(NC(=O)CN(CC(C)O)c2ccccc2)c(C(=O)OCC)c1C. The smallest absolute Gasteiger partial charge is 0.348 e. The first-order chi connectivity index (χ1) is 15.3. The van der Waals surface area contributed by atoms with Crippen LogP contribution < -0.4 is 10.2 Å². The van der Waals surface area contributed by atoms with Gasteiger partial charge in [0.1, 0.15) is 16.5 Å². The summed E-state index contributed by atoms with van der Waals surface area (Å²) in [7, 11) is 0. The zero-order valence-corrected chi connectivity index (χ0v) is 19.2. The largest absolute Gasteiger partial charge is 0.462 e. The molecule has 1 amide bonds. The highest BCUT2D eigenvalue weighted by Gasteiger charge is 2.27. The molecule has 2 aromatic rings. The van der Waals surface area contributed by atoms with E-state index in [2.05, 4.69) is 11.9 Å². The predicted octanol–water partition coefficient (Wildman–Crippen LogP) is 3.40. The second kappa shape index (κ2) is 12.0. The molecular formula is C23H28N2O6S. The minimum absolute atomic E-state index is 0.0258. The van der Waals surface area contributed by atoms with Crippen LogP contribution in [-0.2, 0) is 14.3 Å². The van der Waals surface area contributed by atoms with Gasteiger partial charge >= 0.3 is 11.9 Å². The number of carbonyl (C=O) groups excluding carboxylic acids is 3. The molecule has 2 rings (SSSR count). The predicted molar refractivity (Wildman–Crippen MR) is 124 cm³/mol. The topological polar surface area (TPSA) is 105 Å². The fourth-order valence-corrected chi connectivity index (χ4v) is 4.11. The van der Waals surface area contributed by atoms with Gasteiger partial charge in [-0.25, -0.2) is 9.59 Å². The van der Waals surface area contributed by atoms with Gasteiger partial charge in [-0.1, -0.05) is 30.9 Å². The number of esters is 2. The number of thiophene rings is 1. The Labute approximate surface area is 191 Å². The summed E-state index contributed by atoms with van der Waals surface area (Å²) in [5.41, 5.74) is 1.27. The van der Waals surface area contributed by atoms with E-state index in [0.29, 0.717) is 5.56 Å². The molecule has 9 heteroatoms. The van der Waals surface area contributed by atoms with Crippen LogP contribution in [0.2, 0.25) is 0 Å². The Morgan fingerprint density at radius 2 is 1.91 bits per heavy atom. The van der Waals surface area contributed by atoms with Crippen molar-refractivity contribution in [2.45, 2.75) is 26.9 Å². The third kappa shape index (κ3) is 6.66. The summed E-state index contributed by atoms with van der Waals surface area (Å²) in [6, 6.07) is 9.21. The third-order valence-corrected chi connectivity index (χ3v) is 5.52. The molecule has 0 spiro atoms. The molecule has 0 fully saturated rings. The van der Waals surface area contributed by atoms with Crippen molar-refractivity contribution in [2.75, 3.05) is 36.5 Å². The number of ether oxygens (including phenoxy) is 2. The van der Waals surface area contributed by atoms with Crippen LogP contribution in [-0.4, -0.2) is 55.4 Å². The van der Waals surface area contributed by atoms with Gasteiger partial charge in [-0.3, -0.25) is 4.79 Å². The molecule has 0 saturated heterocycles. The number of hydrogen-bond donors (Lipinski definition) is 2. The third-order valence-electron chi connectivity index (χ3n) is 4.34. The van der Waals surface area contributed by atoms with Crippen LogP contribution in [0.1, 0.15) is 39.4 Å². The molecular weight excluding hydrogens is 432 g/mol. The first-order valence-corrected chi connectivity index (χ1v) is 11.0. The minimum Gasteiger partial charge on any atom is -0.462 e. The van der Waals surface area contributed by atoms with Gasteiger partial charge in [-0.05, 0) is 38.5 Å². The maximum Gasteiger partial charge on any atom is 0.348 e. The van der Waals surface area contributed by atoms with Crippen LogP contribution in [0.4, 0.5) is 10.7 Å². The number of amides is 1. The van der Waals surface area contributed by atoms with Crippen LogP contribution in [0, 0.1) is 6.92 Å². The zero-order chi connectivity index (χ0) is 23.7. The molecule has 0 aliphatic rings. The van der Waals surface area contributed by atoms with E-state index in [-0.39, 0.29) is 41.7 Å². The lowest BCUT2D eigenvalue weighted by Gasteiger charge is -2.25. The molecule has 0 aliphatic carbocycles. The monoisotopic (exact) mass is 460 g/mol. The molecule has 1 heterocycles. The molecule has 0 aliphatic heterocycles. The van der Waals surface area contributed by atoms with Gasteiger partial charge in [-0.2, -0.15) is 0 Å². The minimum atomic E-state index is -0.659. The van der Waals surface area contributed by atoms with Gasteiger partial charge in [0.05, 0.1) is 24.8 Å². The van der Waals surface area contributed by atoms with E-state index in [1.54, 1.807) is 25.7 Å². The summed E-state index contributed by atoms with van der Waals surface area (Å²) in [6.07, 6.45) is 0.782. The fraction of sp³-hybridized carbons (Fsp3) is 0.348. The molecule has 1 aromatic carbocycles. The average molecular weight is 461 g/mol. The molecule has 2 N–H and O–H groups in total. The summed E-state index contributed by atoms with van der Waals surface area (Å²) < 4.78 is 10.2. The fourth-order valence-electron chi connectivity index (χ4n) is 3.00. The van der Waals surface area contributed by atoms with Crippen LogP contribution >= 0.6 is 11.3 Å². The highest BCUT2D eigenvalue weighted by Crippen LogP contribution is 2.34. The highest BCUT2D eigenvalue weighted by atomic mass is 32.1. The summed E-state index contributed by atoms with van der Waals surface area (Å²) >= 11 is 0.954. The van der Waals surface area contributed by atoms with Crippen molar-refractivity contribution in [2.24, 2.45) is 0 Å². The second-order valence-electron chi connectivity index (χ2n) is 6.98. The number of hydrogen-bond acceptors (Lipinski definition) is 8. The average Bonchev–Trinajstić information content (AvgIpc) is 3.07. The number of nitrogens with one attached hydrogen (secondary N) is 1. The van der Waals surface area contributed by atoms with Crippen LogP contribution in [0.25, 0.3) is 0 Å². The van der Waals surface area contributed by atoms with Gasteiger partial charge < -0.3 is 24.8 Å². The van der Waals surface area contributed by atoms with Gasteiger partial charge in [0.25, 0.3) is 0 Å². The summed E-state index contributed by atoms with van der Waals surface area (Å²) in [5, 5.41) is 12.8. The zero-order valence-electron chi connectivity index (χ0n) is 18.4. The van der Waals surface area contributed by atoms with Crippen LogP contribution in [0.15, 0.2) is 43.0 Å². The van der Waals surface area contributed by atoms with Gasteiger partial charge in [0.2, 0.25) is 5.91 Å². The highest BCUT2D eigenvalue weighted by molar-refractivity contribution is 7.18. The number of anilines is 2. The summed E-state index contributed by atoms with van der Waals surface area (Å²) in [6.45, 7) is 8.77. The lowest BCUT2D eigenvalue weighted by molar-refractivity contribution is -0.115. The number of aliphatic hydroxyl groups is 1. The van der Waals surface area contributed by atoms with Crippen molar-refractivity contribution in [1.82, 2.24) is 0 Å². The molecule has 8 nitrogen and oxygen atoms in total. The van der Waals surface area contributed by atoms with E-state index < -0.39 is 23.9 Å². The lowest BCUT2D eigenvalue weighted by Crippen LogP contribution is -2.37. The molecule has 32 heavy (non-hydrogen) atoms. The summed E-state index contributed by atoms with van der Waals surface area (Å²) in [4.78, 5) is 39.7. The van der Waals surface area contributed by atoms with Gasteiger partial charge in [0, 0.05) is 12.2 Å². The van der Waals surface area contributed by atoms with E-state index in [0.717, 1.165) is 17.0 Å². The van der Waals surface area contributed by atoms with E-state index in [1.165, 1.54) is 6.08 Å². The van der Waals surface area contributed by atoms with Crippen LogP contribution in [0.5, 0.6) is 0 Å². The molecule has 1 aromatic heterocycles. The standard InChI is InChI=1S/C23H28N2O6S/c1-5-12-31-23(29)20-16(4)19(22(28)30-6-2)21(32-20)24-18(27)14-25(13-15(3)26)17-10-8-7-9-11-17/h5,7-11,15,26H,1,6,12-14H2,2-4H3,(H,24,27). The molecule has 0 radical (unpaired) electrons. The summed E-state index contributed by atoms with van der Waals surface area (Å²) in [5.74, 6) is -1.66. The molecule has 1 atom stereocenters. The van der Waals surface area contributed by atoms with Gasteiger partial charge in [-0.15, -0.1) is 11.3 Å². The first kappa shape index (κ1) is 25.1. The molecule has 0 bridgehead atoms. The number of nitrogens with zero attached hydrogens (tertiary/aromatic N) is 1. The van der Waals surface area contributed by atoms with E-state index >= 15 is 0 Å². The lowest BCUT2D eigenvalue weighted by atomic mass is 10.1. The number of aliphatic hydroxyl groups excluding tert-OH is 1. The van der Waals surface area contributed by atoms with Crippen molar-refractivity contribution in [3.8, 4) is 0 Å². The number of carbonyl (C=O) groups is 3. The Morgan fingerprint density at radius 1 is 1.22 bits per heavy atom. The first-order valence-electron chi connectivity index (χ1n) is 10.1. The normalized spacial score (nSPS) is 11.4. The van der Waals surface area contributed by atoms with E-state index in [4.69, 9.17) is 9.47 Å². The Bertz CT molecular complexity index is 955. The Morgan fingerprint density at radius 3 is 2.50 bits per heavy atom. The van der Waals surface area contributed by atoms with Crippen molar-refractivity contribution in [3.63, 3.8) is 0 Å². The molecule has 172 valence electrons. The maximum atomic E-state index is 12.9. The molecule has 0 saturated carbocycles. The second-order valence-corrected chi connectivity index (χ2v) is 8.00. The van der Waals surface area contributed by atoms with E-state index in [9.17, 15) is 19.5 Å². The van der Waals surface area contributed by atoms with Crippen LogP contribution in [0.3, 0.4) is 0 Å². The molecule has 1 unspecified atom stereocenters. The van der Waals surface area contributed by atoms with Gasteiger partial charge in [0.15, 0.2) is 0 Å². The van der Waals surface area contributed by atoms with Crippen molar-refractivity contribution < 1.29 is 29.0 Å². The quantitative estimate of drug-likeness (QED) is 0.391. The Hall–Kier alpha value is -3.17. The van der Waals surface area contributed by atoms with Crippen molar-refractivity contribution in [3.05, 3.63) is 59.0 Å². The Kier molecular flexibility index (Phi) is 9.42. The van der Waals surface area contributed by atoms with Crippen molar-refractivity contribution >= 4 is 39.9 Å². The van der Waals surface area contributed by atoms with E-state index in [1.807, 2.05) is 30.3 Å². The van der Waals surface area contributed by atoms with Crippen molar-refractivity contribution in [1.29, 1.82) is 0 Å². The number of benzene rings is 1. The maximum absolute atomic E-state index is 12.9. The number of para-hydroxylation sites is 1. The number of rotatable bonds is 11.